The number of nitrogens with zero attached hydrogens (tertiary/aromatic N) is 1. The summed E-state index contributed by atoms with van der Waals surface area (Å²) in [5, 5.41) is 0. The van der Waals surface area contributed by atoms with E-state index < -0.39 is 0 Å². The number of rotatable bonds is 5. The van der Waals surface area contributed by atoms with Gasteiger partial charge >= 0.3 is 5.97 Å². The Balaban J connectivity index is 2.56. The van der Waals surface area contributed by atoms with Crippen molar-refractivity contribution in [3.8, 4) is 0 Å². The molecular formula is C13H23NO3. The van der Waals surface area contributed by atoms with Crippen LogP contribution in [-0.4, -0.2) is 42.4 Å². The maximum absolute atomic E-state index is 11.8. The molecule has 0 heterocycles. The first-order valence-corrected chi connectivity index (χ1v) is 6.50. The summed E-state index contributed by atoms with van der Waals surface area (Å²) in [7, 11) is 1.96. The molecule has 0 aromatic carbocycles. The highest BCUT2D eigenvalue weighted by atomic mass is 16.5. The Hall–Kier alpha value is -0.900. The highest BCUT2D eigenvalue weighted by molar-refractivity contribution is 5.79. The molecule has 1 aliphatic rings. The molecule has 1 atom stereocenters. The van der Waals surface area contributed by atoms with Crippen LogP contribution >= 0.6 is 0 Å². The number of hydrogen-bond acceptors (Lipinski definition) is 4. The van der Waals surface area contributed by atoms with E-state index in [4.69, 9.17) is 4.74 Å². The summed E-state index contributed by atoms with van der Waals surface area (Å²) in [6.07, 6.45) is 3.78. The van der Waals surface area contributed by atoms with Gasteiger partial charge in [-0.1, -0.05) is 6.92 Å². The summed E-state index contributed by atoms with van der Waals surface area (Å²) in [5.74, 6) is 0.202. The molecule has 0 amide bonds. The molecule has 0 aromatic rings. The van der Waals surface area contributed by atoms with Crippen LogP contribution in [0.3, 0.4) is 0 Å². The molecule has 1 rings (SSSR count). The van der Waals surface area contributed by atoms with Crippen molar-refractivity contribution in [2.45, 2.75) is 58.0 Å². The van der Waals surface area contributed by atoms with E-state index in [-0.39, 0.29) is 12.0 Å². The lowest BCUT2D eigenvalue weighted by atomic mass is 9.92. The second kappa shape index (κ2) is 6.74. The van der Waals surface area contributed by atoms with Gasteiger partial charge in [0.2, 0.25) is 0 Å². The van der Waals surface area contributed by atoms with E-state index in [2.05, 4.69) is 4.90 Å². The number of ketones is 1. The maximum atomic E-state index is 11.8. The summed E-state index contributed by atoms with van der Waals surface area (Å²) in [6, 6.07) is 0.162. The van der Waals surface area contributed by atoms with Gasteiger partial charge in [-0.3, -0.25) is 14.5 Å². The first-order chi connectivity index (χ1) is 8.10. The Morgan fingerprint density at radius 1 is 1.41 bits per heavy atom. The highest BCUT2D eigenvalue weighted by Gasteiger charge is 2.30. The van der Waals surface area contributed by atoms with Crippen molar-refractivity contribution in [3.63, 3.8) is 0 Å². The molecule has 0 saturated heterocycles. The minimum atomic E-state index is -0.173. The van der Waals surface area contributed by atoms with Crippen LogP contribution in [-0.2, 0) is 14.3 Å². The molecule has 17 heavy (non-hydrogen) atoms. The monoisotopic (exact) mass is 241 g/mol. The van der Waals surface area contributed by atoms with E-state index in [0.29, 0.717) is 31.3 Å². The molecule has 1 aliphatic carbocycles. The van der Waals surface area contributed by atoms with Crippen LogP contribution in [0.15, 0.2) is 0 Å². The van der Waals surface area contributed by atoms with Crippen LogP contribution in [0.25, 0.3) is 0 Å². The van der Waals surface area contributed by atoms with Crippen LogP contribution in [0.1, 0.15) is 46.0 Å². The molecular weight excluding hydrogens is 218 g/mol. The molecule has 98 valence electrons. The van der Waals surface area contributed by atoms with Gasteiger partial charge in [0.05, 0.1) is 6.61 Å². The topological polar surface area (TPSA) is 46.6 Å². The number of likely N-dealkylation sites (N-methyl/N-ethyl adjacent to an activating group) is 1. The largest absolute Gasteiger partial charge is 0.465 e. The third-order valence-corrected chi connectivity index (χ3v) is 3.53. The van der Waals surface area contributed by atoms with Gasteiger partial charge in [0.25, 0.3) is 0 Å². The zero-order valence-corrected chi connectivity index (χ0v) is 11.1. The molecule has 4 heteroatoms. The Morgan fingerprint density at radius 3 is 2.47 bits per heavy atom. The lowest BCUT2D eigenvalue weighted by molar-refractivity contribution is -0.150. The van der Waals surface area contributed by atoms with Gasteiger partial charge in [-0.25, -0.2) is 0 Å². The normalized spacial score (nSPS) is 19.4. The van der Waals surface area contributed by atoms with Gasteiger partial charge in [0.15, 0.2) is 0 Å². The van der Waals surface area contributed by atoms with E-state index in [9.17, 15) is 9.59 Å². The van der Waals surface area contributed by atoms with Gasteiger partial charge in [-0.2, -0.15) is 0 Å². The fourth-order valence-electron chi connectivity index (χ4n) is 2.45. The predicted octanol–water partition coefficient (Wildman–Crippen LogP) is 1.77. The Bertz CT molecular complexity index is 268. The van der Waals surface area contributed by atoms with E-state index in [1.54, 1.807) is 0 Å². The van der Waals surface area contributed by atoms with Crippen LogP contribution < -0.4 is 0 Å². The molecule has 0 aliphatic heterocycles. The summed E-state index contributed by atoms with van der Waals surface area (Å²) in [5.41, 5.74) is 0. The average Bonchev–Trinajstić information content (AvgIpc) is 2.31. The smallest absolute Gasteiger partial charge is 0.323 e. The molecule has 0 bridgehead atoms. The Labute approximate surface area is 103 Å². The fraction of sp³-hybridized carbons (Fsp3) is 0.846. The lowest BCUT2D eigenvalue weighted by Crippen LogP contribution is -2.46. The second-order valence-electron chi connectivity index (χ2n) is 4.61. The minimum absolute atomic E-state index is 0.144. The number of carbonyl (C=O) groups excluding carboxylic acids is 2. The van der Waals surface area contributed by atoms with Crippen molar-refractivity contribution < 1.29 is 14.3 Å². The zero-order valence-electron chi connectivity index (χ0n) is 11.1. The van der Waals surface area contributed by atoms with Crippen molar-refractivity contribution in [3.05, 3.63) is 0 Å². The van der Waals surface area contributed by atoms with Crippen LogP contribution in [0, 0.1) is 0 Å². The number of hydrogen-bond donors (Lipinski definition) is 0. The first kappa shape index (κ1) is 14.2. The summed E-state index contributed by atoms with van der Waals surface area (Å²) in [4.78, 5) is 25.1. The van der Waals surface area contributed by atoms with Crippen molar-refractivity contribution in [2.75, 3.05) is 13.7 Å². The third kappa shape index (κ3) is 3.80. The Morgan fingerprint density at radius 2 is 2.00 bits per heavy atom. The molecule has 0 aromatic heterocycles. The lowest BCUT2D eigenvalue weighted by Gasteiger charge is -2.35. The Kier molecular flexibility index (Phi) is 5.62. The quantitative estimate of drug-likeness (QED) is 0.688. The summed E-state index contributed by atoms with van der Waals surface area (Å²) < 4.78 is 5.08. The van der Waals surface area contributed by atoms with Crippen molar-refractivity contribution in [1.29, 1.82) is 0 Å². The average molecular weight is 241 g/mol. The van der Waals surface area contributed by atoms with Gasteiger partial charge < -0.3 is 4.74 Å². The van der Waals surface area contributed by atoms with E-state index in [1.807, 2.05) is 20.9 Å². The summed E-state index contributed by atoms with van der Waals surface area (Å²) in [6.45, 7) is 4.24. The molecule has 0 spiro atoms. The number of carbonyl (C=O) groups is 2. The third-order valence-electron chi connectivity index (χ3n) is 3.53. The SMILES string of the molecule is CCOC(=O)C(CC)N(C)C1CCC(=O)CC1. The van der Waals surface area contributed by atoms with E-state index >= 15 is 0 Å². The number of Topliss-reactive ketones (excluding diaryl/α,β-unsaturated/α-hetero) is 1. The fourth-order valence-corrected chi connectivity index (χ4v) is 2.45. The van der Waals surface area contributed by atoms with Crippen LogP contribution in [0.2, 0.25) is 0 Å². The molecule has 1 fully saturated rings. The summed E-state index contributed by atoms with van der Waals surface area (Å²) >= 11 is 0. The van der Waals surface area contributed by atoms with Crippen molar-refractivity contribution in [1.82, 2.24) is 4.90 Å². The second-order valence-corrected chi connectivity index (χ2v) is 4.61. The van der Waals surface area contributed by atoms with E-state index in [1.165, 1.54) is 0 Å². The molecule has 1 saturated carbocycles. The molecule has 4 nitrogen and oxygen atoms in total. The maximum Gasteiger partial charge on any atom is 0.323 e. The highest BCUT2D eigenvalue weighted by Crippen LogP contribution is 2.22. The predicted molar refractivity (Wildman–Crippen MR) is 65.7 cm³/mol. The van der Waals surface area contributed by atoms with Gasteiger partial charge in [-0.05, 0) is 33.2 Å². The van der Waals surface area contributed by atoms with E-state index in [0.717, 1.165) is 19.3 Å². The van der Waals surface area contributed by atoms with Gasteiger partial charge in [0.1, 0.15) is 11.8 Å². The first-order valence-electron chi connectivity index (χ1n) is 6.50. The van der Waals surface area contributed by atoms with Gasteiger partial charge in [-0.15, -0.1) is 0 Å². The zero-order chi connectivity index (χ0) is 12.8. The minimum Gasteiger partial charge on any atom is -0.465 e. The van der Waals surface area contributed by atoms with Crippen molar-refractivity contribution in [2.24, 2.45) is 0 Å². The van der Waals surface area contributed by atoms with Crippen molar-refractivity contribution >= 4 is 11.8 Å². The van der Waals surface area contributed by atoms with Crippen LogP contribution in [0.4, 0.5) is 0 Å². The molecule has 0 radical (unpaired) electrons. The molecule has 1 unspecified atom stereocenters. The standard InChI is InChI=1S/C13H23NO3/c1-4-12(13(16)17-5-2)14(3)10-6-8-11(15)9-7-10/h10,12H,4-9H2,1-3H3. The van der Waals surface area contributed by atoms with Gasteiger partial charge in [0, 0.05) is 18.9 Å². The number of esters is 1. The number of ether oxygens (including phenoxy) is 1. The van der Waals surface area contributed by atoms with Crippen LogP contribution in [0.5, 0.6) is 0 Å². The molecule has 0 N–H and O–H groups in total.